The van der Waals surface area contributed by atoms with Crippen LogP contribution in [0.1, 0.15) is 15.9 Å². The average Bonchev–Trinajstić information content (AvgIpc) is 3.22. The summed E-state index contributed by atoms with van der Waals surface area (Å²) in [5.74, 6) is -0.163. The van der Waals surface area contributed by atoms with Crippen LogP contribution in [0.5, 0.6) is 0 Å². The second kappa shape index (κ2) is 7.78. The highest BCUT2D eigenvalue weighted by Crippen LogP contribution is 2.16. The Kier molecular flexibility index (Phi) is 5.04. The van der Waals surface area contributed by atoms with E-state index >= 15 is 0 Å². The van der Waals surface area contributed by atoms with E-state index in [9.17, 15) is 14.4 Å². The van der Waals surface area contributed by atoms with Gasteiger partial charge in [0.15, 0.2) is 5.78 Å². The van der Waals surface area contributed by atoms with E-state index < -0.39 is 5.69 Å². The highest BCUT2D eigenvalue weighted by Gasteiger charge is 2.17. The Morgan fingerprint density at radius 1 is 0.857 bits per heavy atom. The summed E-state index contributed by atoms with van der Waals surface area (Å²) in [5.41, 5.74) is 1.36. The van der Waals surface area contributed by atoms with Gasteiger partial charge in [0.05, 0.1) is 12.1 Å². The number of aryl methyl sites for hydroxylation is 1. The molecule has 0 amide bonds. The van der Waals surface area contributed by atoms with E-state index in [-0.39, 0.29) is 24.4 Å². The first-order valence-electron chi connectivity index (χ1n) is 8.98. The van der Waals surface area contributed by atoms with Crippen LogP contribution in [0.2, 0.25) is 0 Å². The minimum Gasteiger partial charge on any atom is -0.292 e. The van der Waals surface area contributed by atoms with Gasteiger partial charge in [0.1, 0.15) is 4.70 Å². The molecule has 4 rings (SSSR count). The third-order valence-corrected chi connectivity index (χ3v) is 5.59. The molecule has 140 valence electrons. The van der Waals surface area contributed by atoms with E-state index in [2.05, 4.69) is 0 Å². The highest BCUT2D eigenvalue weighted by atomic mass is 32.1. The lowest BCUT2D eigenvalue weighted by Crippen LogP contribution is -2.41. The summed E-state index contributed by atoms with van der Waals surface area (Å²) in [4.78, 5) is 38.5. The molecule has 0 fully saturated rings. The number of carbonyl (C=O) groups is 1. The third kappa shape index (κ3) is 3.46. The van der Waals surface area contributed by atoms with Gasteiger partial charge in [0.25, 0.3) is 5.56 Å². The van der Waals surface area contributed by atoms with Crippen molar-refractivity contribution in [2.24, 2.45) is 0 Å². The molecule has 2 heterocycles. The van der Waals surface area contributed by atoms with Crippen molar-refractivity contribution in [3.63, 3.8) is 0 Å². The molecule has 0 radical (unpaired) electrons. The summed E-state index contributed by atoms with van der Waals surface area (Å²) in [5, 5.41) is 1.77. The van der Waals surface area contributed by atoms with Crippen molar-refractivity contribution in [3.05, 3.63) is 104 Å². The predicted molar refractivity (Wildman–Crippen MR) is 111 cm³/mol. The minimum atomic E-state index is -0.448. The van der Waals surface area contributed by atoms with Crippen molar-refractivity contribution < 1.29 is 4.79 Å². The Labute approximate surface area is 165 Å². The zero-order chi connectivity index (χ0) is 19.5. The smallest absolute Gasteiger partial charge is 0.292 e. The molecule has 0 N–H and O–H groups in total. The first kappa shape index (κ1) is 18.1. The number of rotatable bonds is 6. The van der Waals surface area contributed by atoms with E-state index in [1.807, 2.05) is 36.4 Å². The monoisotopic (exact) mass is 390 g/mol. The minimum absolute atomic E-state index is 0.0955. The molecule has 4 aromatic rings. The van der Waals surface area contributed by atoms with Gasteiger partial charge in [-0.3, -0.25) is 18.7 Å². The summed E-state index contributed by atoms with van der Waals surface area (Å²) in [6.07, 6.45) is 0.569. The summed E-state index contributed by atoms with van der Waals surface area (Å²) in [7, 11) is 0. The molecule has 0 spiro atoms. The van der Waals surface area contributed by atoms with Crippen LogP contribution in [0.3, 0.4) is 0 Å². The molecule has 6 heteroatoms. The lowest BCUT2D eigenvalue weighted by atomic mass is 10.1. The second-order valence-corrected chi connectivity index (χ2v) is 7.40. The van der Waals surface area contributed by atoms with Crippen LogP contribution in [0.15, 0.2) is 81.7 Å². The number of benzene rings is 2. The summed E-state index contributed by atoms with van der Waals surface area (Å²) >= 11 is 1.29. The zero-order valence-corrected chi connectivity index (χ0v) is 15.9. The Morgan fingerprint density at radius 3 is 2.25 bits per heavy atom. The van der Waals surface area contributed by atoms with Gasteiger partial charge in [-0.25, -0.2) is 4.79 Å². The molecule has 0 bridgehead atoms. The molecule has 0 aliphatic carbocycles. The van der Waals surface area contributed by atoms with Crippen LogP contribution in [0.4, 0.5) is 0 Å². The number of hydrogen-bond donors (Lipinski definition) is 0. The van der Waals surface area contributed by atoms with Crippen molar-refractivity contribution in [3.8, 4) is 0 Å². The Balaban J connectivity index is 1.74. The summed E-state index contributed by atoms with van der Waals surface area (Å²) in [6, 6.07) is 20.3. The SMILES string of the molecule is O=C(Cn1c(=O)n(CCc2ccccc2)c(=O)c2sccc21)c1ccccc1. The first-order valence-corrected chi connectivity index (χ1v) is 9.86. The molecule has 28 heavy (non-hydrogen) atoms. The number of fused-ring (bicyclic) bond motifs is 1. The van der Waals surface area contributed by atoms with E-state index in [1.165, 1.54) is 20.5 Å². The van der Waals surface area contributed by atoms with Gasteiger partial charge in [0, 0.05) is 12.1 Å². The molecular weight excluding hydrogens is 372 g/mol. The first-order chi connectivity index (χ1) is 13.6. The molecule has 0 saturated heterocycles. The molecule has 5 nitrogen and oxygen atoms in total. The van der Waals surface area contributed by atoms with Crippen molar-refractivity contribution in [1.82, 2.24) is 9.13 Å². The van der Waals surface area contributed by atoms with Gasteiger partial charge in [-0.15, -0.1) is 11.3 Å². The predicted octanol–water partition coefficient (Wildman–Crippen LogP) is 3.35. The third-order valence-electron chi connectivity index (χ3n) is 4.70. The summed E-state index contributed by atoms with van der Waals surface area (Å²) < 4.78 is 3.14. The van der Waals surface area contributed by atoms with E-state index in [1.54, 1.807) is 35.7 Å². The van der Waals surface area contributed by atoms with Crippen LogP contribution in [0.25, 0.3) is 10.2 Å². The normalized spacial score (nSPS) is 11.0. The van der Waals surface area contributed by atoms with Crippen LogP contribution in [-0.4, -0.2) is 14.9 Å². The zero-order valence-electron chi connectivity index (χ0n) is 15.1. The number of ketones is 1. The van der Waals surface area contributed by atoms with E-state index in [0.717, 1.165) is 5.56 Å². The number of nitrogens with zero attached hydrogens (tertiary/aromatic N) is 2. The molecule has 0 atom stereocenters. The molecule has 2 aromatic heterocycles. The quantitative estimate of drug-likeness (QED) is 0.475. The lowest BCUT2D eigenvalue weighted by molar-refractivity contribution is 0.0971. The van der Waals surface area contributed by atoms with Gasteiger partial charge in [0.2, 0.25) is 0 Å². The van der Waals surface area contributed by atoms with Crippen molar-refractivity contribution >= 4 is 27.3 Å². The van der Waals surface area contributed by atoms with Crippen LogP contribution >= 0.6 is 11.3 Å². The van der Waals surface area contributed by atoms with Crippen molar-refractivity contribution in [1.29, 1.82) is 0 Å². The van der Waals surface area contributed by atoms with Crippen LogP contribution in [0, 0.1) is 0 Å². The van der Waals surface area contributed by atoms with E-state index in [4.69, 9.17) is 0 Å². The largest absolute Gasteiger partial charge is 0.331 e. The van der Waals surface area contributed by atoms with E-state index in [0.29, 0.717) is 22.2 Å². The van der Waals surface area contributed by atoms with Gasteiger partial charge in [-0.1, -0.05) is 60.7 Å². The topological polar surface area (TPSA) is 61.1 Å². The van der Waals surface area contributed by atoms with Gasteiger partial charge < -0.3 is 0 Å². The number of aromatic nitrogens is 2. The molecule has 2 aromatic carbocycles. The summed E-state index contributed by atoms with van der Waals surface area (Å²) in [6.45, 7) is 0.177. The van der Waals surface area contributed by atoms with Crippen LogP contribution in [-0.2, 0) is 19.5 Å². The Hall–Kier alpha value is -3.25. The number of thiophene rings is 1. The fourth-order valence-corrected chi connectivity index (χ4v) is 4.07. The molecule has 0 saturated carbocycles. The Bertz CT molecular complexity index is 1240. The maximum atomic E-state index is 13.1. The van der Waals surface area contributed by atoms with Gasteiger partial charge in [-0.2, -0.15) is 0 Å². The van der Waals surface area contributed by atoms with Crippen molar-refractivity contribution in [2.75, 3.05) is 0 Å². The lowest BCUT2D eigenvalue weighted by Gasteiger charge is -2.12. The van der Waals surface area contributed by atoms with Crippen LogP contribution < -0.4 is 11.2 Å². The van der Waals surface area contributed by atoms with Gasteiger partial charge >= 0.3 is 5.69 Å². The average molecular weight is 390 g/mol. The molecular formula is C22H18N2O3S. The number of Topliss-reactive ketones (excluding diaryl/α,β-unsaturated/α-hetero) is 1. The molecule has 0 aliphatic heterocycles. The fourth-order valence-electron chi connectivity index (χ4n) is 3.23. The maximum Gasteiger partial charge on any atom is 0.331 e. The van der Waals surface area contributed by atoms with Crippen molar-refractivity contribution in [2.45, 2.75) is 19.5 Å². The number of carbonyl (C=O) groups excluding carboxylic acids is 1. The Morgan fingerprint density at radius 2 is 1.54 bits per heavy atom. The molecule has 0 unspecified atom stereocenters. The maximum absolute atomic E-state index is 13.1. The molecule has 0 aliphatic rings. The number of hydrogen-bond acceptors (Lipinski definition) is 4. The second-order valence-electron chi connectivity index (χ2n) is 6.49. The standard InChI is InChI=1S/C22H18N2O3S/c25-19(17-9-5-2-6-10-17)15-24-18-12-14-28-20(18)21(26)23(22(24)27)13-11-16-7-3-1-4-8-16/h1-10,12,14H,11,13,15H2. The fraction of sp³-hybridized carbons (Fsp3) is 0.136. The van der Waals surface area contributed by atoms with Gasteiger partial charge in [-0.05, 0) is 23.4 Å². The highest BCUT2D eigenvalue weighted by molar-refractivity contribution is 7.17.